The number of methoxy groups -OCH3 is 1. The number of hydrogen-bond donors (Lipinski definition) is 1. The van der Waals surface area contributed by atoms with Gasteiger partial charge in [0.2, 0.25) is 5.88 Å². The van der Waals surface area contributed by atoms with Crippen LogP contribution in [0.3, 0.4) is 0 Å². The molecule has 5 nitrogen and oxygen atoms in total. The van der Waals surface area contributed by atoms with Gasteiger partial charge < -0.3 is 14.6 Å². The number of aliphatic hydroxyl groups is 1. The molecule has 2 unspecified atom stereocenters. The fourth-order valence-corrected chi connectivity index (χ4v) is 4.14. The summed E-state index contributed by atoms with van der Waals surface area (Å²) < 4.78 is 10.4. The van der Waals surface area contributed by atoms with E-state index in [1.807, 2.05) is 12.1 Å². The van der Waals surface area contributed by atoms with E-state index >= 15 is 0 Å². The lowest BCUT2D eigenvalue weighted by atomic mass is 9.77. The van der Waals surface area contributed by atoms with Crippen molar-refractivity contribution in [2.45, 2.75) is 45.6 Å². The van der Waals surface area contributed by atoms with E-state index in [0.717, 1.165) is 42.9 Å². The molecule has 3 aliphatic rings. The highest BCUT2D eigenvalue weighted by atomic mass is 16.6. The second kappa shape index (κ2) is 8.99. The van der Waals surface area contributed by atoms with Gasteiger partial charge in [0.1, 0.15) is 6.10 Å². The first-order valence-electron chi connectivity index (χ1n) is 8.99. The van der Waals surface area contributed by atoms with Gasteiger partial charge in [-0.3, -0.25) is 0 Å². The van der Waals surface area contributed by atoms with E-state index in [1.54, 1.807) is 13.3 Å². The standard InChI is InChI=1S/C11H14O2.C8H11NO.CH4O/c1-6-4-7-2-3-9-10(7)8(5-6)11(12)13-9;1-3-7-5-4-6-9-8(7)10-2;1-2/h5-7,9-10H,2-4H2,1H3;4-6H,3H2,1-2H3;2H,1H3/t6-,7?,9+,10?;;/m0../s1. The number of carbonyl (C=O) groups excluding carboxylic acids is 1. The van der Waals surface area contributed by atoms with Crippen LogP contribution in [0.5, 0.6) is 5.88 Å². The van der Waals surface area contributed by atoms with Crippen molar-refractivity contribution < 1.29 is 19.4 Å². The molecule has 138 valence electrons. The minimum atomic E-state index is -0.0359. The summed E-state index contributed by atoms with van der Waals surface area (Å²) >= 11 is 0. The Bertz CT molecular complexity index is 590. The van der Waals surface area contributed by atoms with Crippen LogP contribution in [0.25, 0.3) is 0 Å². The zero-order valence-corrected chi connectivity index (χ0v) is 15.6. The summed E-state index contributed by atoms with van der Waals surface area (Å²) in [5.74, 6) is 2.46. The van der Waals surface area contributed by atoms with E-state index in [9.17, 15) is 4.79 Å². The largest absolute Gasteiger partial charge is 0.481 e. The lowest BCUT2D eigenvalue weighted by molar-refractivity contribution is -0.138. The lowest BCUT2D eigenvalue weighted by Gasteiger charge is -2.25. The minimum Gasteiger partial charge on any atom is -0.481 e. The van der Waals surface area contributed by atoms with Crippen LogP contribution in [0.1, 0.15) is 38.7 Å². The van der Waals surface area contributed by atoms with E-state index in [0.29, 0.717) is 11.8 Å². The maximum Gasteiger partial charge on any atom is 0.334 e. The number of ether oxygens (including phenoxy) is 2. The molecule has 1 saturated heterocycles. The Kier molecular flexibility index (Phi) is 7.00. The summed E-state index contributed by atoms with van der Waals surface area (Å²) in [6, 6.07) is 3.94. The third-order valence-electron chi connectivity index (χ3n) is 5.15. The second-order valence-electron chi connectivity index (χ2n) is 6.67. The second-order valence-corrected chi connectivity index (χ2v) is 6.67. The number of carbonyl (C=O) groups is 1. The van der Waals surface area contributed by atoms with Crippen LogP contribution < -0.4 is 4.74 Å². The fourth-order valence-electron chi connectivity index (χ4n) is 4.14. The van der Waals surface area contributed by atoms with Crippen molar-refractivity contribution in [3.63, 3.8) is 0 Å². The topological polar surface area (TPSA) is 68.7 Å². The van der Waals surface area contributed by atoms with Crippen molar-refractivity contribution in [3.05, 3.63) is 35.5 Å². The molecule has 5 heteroatoms. The Balaban J connectivity index is 0.000000170. The van der Waals surface area contributed by atoms with Crippen molar-refractivity contribution in [3.8, 4) is 5.88 Å². The average Bonchev–Trinajstić information content (AvgIpc) is 3.19. The van der Waals surface area contributed by atoms with E-state index in [-0.39, 0.29) is 12.1 Å². The highest BCUT2D eigenvalue weighted by molar-refractivity contribution is 5.92. The zero-order chi connectivity index (χ0) is 18.4. The number of allylic oxidation sites excluding steroid dienone is 1. The Morgan fingerprint density at radius 3 is 2.76 bits per heavy atom. The summed E-state index contributed by atoms with van der Waals surface area (Å²) in [5, 5.41) is 7.00. The Morgan fingerprint density at radius 2 is 2.12 bits per heavy atom. The van der Waals surface area contributed by atoms with Gasteiger partial charge in [0.15, 0.2) is 0 Å². The molecule has 4 atom stereocenters. The van der Waals surface area contributed by atoms with Gasteiger partial charge in [-0.15, -0.1) is 0 Å². The van der Waals surface area contributed by atoms with Gasteiger partial charge in [-0.05, 0) is 43.6 Å². The first-order valence-corrected chi connectivity index (χ1v) is 8.99. The van der Waals surface area contributed by atoms with Crippen molar-refractivity contribution in [1.82, 2.24) is 4.98 Å². The van der Waals surface area contributed by atoms with E-state index in [2.05, 4.69) is 24.9 Å². The normalized spacial score (nSPS) is 28.5. The van der Waals surface area contributed by atoms with Crippen LogP contribution >= 0.6 is 0 Å². The fraction of sp³-hybridized carbons (Fsp3) is 0.600. The van der Waals surface area contributed by atoms with Gasteiger partial charge in [0.05, 0.1) is 7.11 Å². The number of aryl methyl sites for hydroxylation is 1. The molecule has 2 fully saturated rings. The molecule has 1 aromatic heterocycles. The number of aliphatic hydroxyl groups excluding tert-OH is 1. The third kappa shape index (κ3) is 4.21. The van der Waals surface area contributed by atoms with Crippen molar-refractivity contribution in [1.29, 1.82) is 0 Å². The average molecular weight is 347 g/mol. The van der Waals surface area contributed by atoms with Gasteiger partial charge >= 0.3 is 5.97 Å². The molecule has 0 aromatic carbocycles. The zero-order valence-electron chi connectivity index (χ0n) is 15.6. The molecule has 1 N–H and O–H groups in total. The van der Waals surface area contributed by atoms with Crippen molar-refractivity contribution in [2.24, 2.45) is 17.8 Å². The number of pyridine rings is 1. The molecule has 1 saturated carbocycles. The molecule has 25 heavy (non-hydrogen) atoms. The van der Waals surface area contributed by atoms with Crippen LogP contribution in [0.15, 0.2) is 30.0 Å². The SMILES string of the molecule is CCc1cccnc1OC.CO.C[C@@H]1C=C2C(=O)O[C@@H]3CCC(C1)C23. The molecule has 1 aromatic rings. The number of nitrogens with zero attached hydrogens (tertiary/aromatic N) is 1. The molecule has 0 radical (unpaired) electrons. The van der Waals surface area contributed by atoms with Crippen LogP contribution in [0.2, 0.25) is 0 Å². The number of aromatic nitrogens is 1. The molecular weight excluding hydrogens is 318 g/mol. The predicted octanol–water partition coefficient (Wildman–Crippen LogP) is 3.17. The first kappa shape index (κ1) is 19.4. The summed E-state index contributed by atoms with van der Waals surface area (Å²) in [4.78, 5) is 15.5. The lowest BCUT2D eigenvalue weighted by Crippen LogP contribution is -2.21. The molecule has 1 aliphatic heterocycles. The summed E-state index contributed by atoms with van der Waals surface area (Å²) in [6.45, 7) is 4.28. The van der Waals surface area contributed by atoms with E-state index in [1.165, 1.54) is 12.8 Å². The highest BCUT2D eigenvalue weighted by Gasteiger charge is 2.50. The Morgan fingerprint density at radius 1 is 1.36 bits per heavy atom. The first-order chi connectivity index (χ1) is 12.1. The summed E-state index contributed by atoms with van der Waals surface area (Å²) in [7, 11) is 2.64. The summed E-state index contributed by atoms with van der Waals surface area (Å²) in [5.41, 5.74) is 2.15. The molecule has 4 rings (SSSR count). The number of hydrogen-bond acceptors (Lipinski definition) is 5. The number of esters is 1. The van der Waals surface area contributed by atoms with Crippen LogP contribution in [-0.2, 0) is 16.0 Å². The molecule has 0 spiro atoms. The maximum atomic E-state index is 11.5. The van der Waals surface area contributed by atoms with Crippen LogP contribution in [0, 0.1) is 17.8 Å². The number of rotatable bonds is 2. The van der Waals surface area contributed by atoms with Gasteiger partial charge in [-0.2, -0.15) is 0 Å². The van der Waals surface area contributed by atoms with E-state index in [4.69, 9.17) is 14.6 Å². The Hall–Kier alpha value is -1.88. The maximum absolute atomic E-state index is 11.5. The minimum absolute atomic E-state index is 0.0359. The molecule has 0 amide bonds. The monoisotopic (exact) mass is 347 g/mol. The smallest absolute Gasteiger partial charge is 0.334 e. The highest BCUT2D eigenvalue weighted by Crippen LogP contribution is 2.49. The van der Waals surface area contributed by atoms with Gasteiger partial charge in [0.25, 0.3) is 0 Å². The van der Waals surface area contributed by atoms with Crippen LogP contribution in [0.4, 0.5) is 0 Å². The molecule has 0 bridgehead atoms. The predicted molar refractivity (Wildman–Crippen MR) is 96.3 cm³/mol. The quantitative estimate of drug-likeness (QED) is 0.832. The summed E-state index contributed by atoms with van der Waals surface area (Å²) in [6.07, 6.45) is 8.66. The van der Waals surface area contributed by atoms with Crippen molar-refractivity contribution >= 4 is 5.97 Å². The third-order valence-corrected chi connectivity index (χ3v) is 5.15. The molecule has 2 heterocycles. The van der Waals surface area contributed by atoms with E-state index < -0.39 is 0 Å². The molecular formula is C20H29NO4. The molecule has 2 aliphatic carbocycles. The van der Waals surface area contributed by atoms with Crippen LogP contribution in [-0.4, -0.2) is 36.4 Å². The van der Waals surface area contributed by atoms with Gasteiger partial charge in [-0.1, -0.05) is 26.0 Å². The van der Waals surface area contributed by atoms with Gasteiger partial charge in [-0.25, -0.2) is 9.78 Å². The Labute approximate surface area is 150 Å². The van der Waals surface area contributed by atoms with Gasteiger partial charge in [0, 0.05) is 30.4 Å². The van der Waals surface area contributed by atoms with Crippen molar-refractivity contribution in [2.75, 3.05) is 14.2 Å².